The molecule has 6 heteroatoms. The zero-order chi connectivity index (χ0) is 15.1. The smallest absolute Gasteiger partial charge is 0.272 e. The van der Waals surface area contributed by atoms with Gasteiger partial charge in [0, 0.05) is 27.9 Å². The van der Waals surface area contributed by atoms with Gasteiger partial charge < -0.3 is 9.88 Å². The number of nitrogens with zero attached hydrogens (tertiary/aromatic N) is 2. The van der Waals surface area contributed by atoms with Crippen LogP contribution in [0.4, 0.5) is 5.69 Å². The largest absolute Gasteiger partial charge is 0.340 e. The number of fused-ring (bicyclic) bond motifs is 1. The highest BCUT2D eigenvalue weighted by molar-refractivity contribution is 7.06. The molecule has 3 rings (SSSR count). The first-order valence-electron chi connectivity index (χ1n) is 6.47. The molecule has 0 fully saturated rings. The average molecular weight is 320 g/mol. The SMILES string of the molecule is Cc1nsc(C)c1NC(=O)c1cc2c(Cl)cccc2n1C. The number of rotatable bonds is 2. The van der Waals surface area contributed by atoms with Gasteiger partial charge in [0.05, 0.1) is 11.4 Å². The molecule has 21 heavy (non-hydrogen) atoms. The van der Waals surface area contributed by atoms with Gasteiger partial charge in [-0.25, -0.2) is 0 Å². The van der Waals surface area contributed by atoms with Crippen molar-refractivity contribution in [1.29, 1.82) is 0 Å². The molecule has 1 amide bonds. The van der Waals surface area contributed by atoms with Crippen LogP contribution < -0.4 is 5.32 Å². The molecule has 0 saturated heterocycles. The standard InChI is InChI=1S/C15H14ClN3OS/c1-8-14(9(2)21-18-8)17-15(20)13-7-10-11(16)5-4-6-12(10)19(13)3/h4-7H,1-3H3,(H,17,20). The first-order valence-corrected chi connectivity index (χ1v) is 7.62. The first kappa shape index (κ1) is 14.1. The van der Waals surface area contributed by atoms with Gasteiger partial charge in [0.2, 0.25) is 0 Å². The van der Waals surface area contributed by atoms with E-state index in [0.29, 0.717) is 10.7 Å². The normalized spacial score (nSPS) is 11.0. The molecule has 2 heterocycles. The molecular formula is C15H14ClN3OS. The average Bonchev–Trinajstić information content (AvgIpc) is 2.95. The van der Waals surface area contributed by atoms with Gasteiger partial charge in [-0.3, -0.25) is 4.79 Å². The zero-order valence-corrected chi connectivity index (χ0v) is 13.5. The quantitative estimate of drug-likeness (QED) is 0.771. The third kappa shape index (κ3) is 2.32. The Kier molecular flexibility index (Phi) is 3.47. The van der Waals surface area contributed by atoms with Gasteiger partial charge in [0.15, 0.2) is 0 Å². The minimum atomic E-state index is -0.156. The van der Waals surface area contributed by atoms with Gasteiger partial charge in [-0.15, -0.1) is 0 Å². The van der Waals surface area contributed by atoms with Crippen molar-refractivity contribution in [2.24, 2.45) is 7.05 Å². The Morgan fingerprint density at radius 2 is 2.14 bits per heavy atom. The summed E-state index contributed by atoms with van der Waals surface area (Å²) in [6.07, 6.45) is 0. The Balaban J connectivity index is 2.03. The number of hydrogen-bond donors (Lipinski definition) is 1. The summed E-state index contributed by atoms with van der Waals surface area (Å²) in [7, 11) is 1.86. The number of carbonyl (C=O) groups excluding carboxylic acids is 1. The van der Waals surface area contributed by atoms with Crippen molar-refractivity contribution in [3.63, 3.8) is 0 Å². The zero-order valence-electron chi connectivity index (χ0n) is 11.9. The van der Waals surface area contributed by atoms with E-state index in [1.54, 1.807) is 0 Å². The van der Waals surface area contributed by atoms with Gasteiger partial charge in [-0.05, 0) is 43.6 Å². The molecule has 0 radical (unpaired) electrons. The molecule has 0 unspecified atom stereocenters. The highest BCUT2D eigenvalue weighted by Gasteiger charge is 2.17. The first-order chi connectivity index (χ1) is 9.99. The Morgan fingerprint density at radius 3 is 2.76 bits per heavy atom. The molecule has 2 aromatic heterocycles. The molecule has 0 aliphatic rings. The van der Waals surface area contributed by atoms with Crippen LogP contribution in [0.3, 0.4) is 0 Å². The second-order valence-electron chi connectivity index (χ2n) is 4.91. The number of halogens is 1. The summed E-state index contributed by atoms with van der Waals surface area (Å²) in [6, 6.07) is 7.46. The van der Waals surface area contributed by atoms with Crippen molar-refractivity contribution in [2.75, 3.05) is 5.32 Å². The number of carbonyl (C=O) groups is 1. The lowest BCUT2D eigenvalue weighted by Crippen LogP contribution is -2.16. The summed E-state index contributed by atoms with van der Waals surface area (Å²) < 4.78 is 6.09. The van der Waals surface area contributed by atoms with Gasteiger partial charge >= 0.3 is 0 Å². The summed E-state index contributed by atoms with van der Waals surface area (Å²) in [5.41, 5.74) is 3.14. The highest BCUT2D eigenvalue weighted by Crippen LogP contribution is 2.28. The third-order valence-electron chi connectivity index (χ3n) is 3.54. The van der Waals surface area contributed by atoms with Gasteiger partial charge in [-0.1, -0.05) is 17.7 Å². The second kappa shape index (κ2) is 5.16. The van der Waals surface area contributed by atoms with Crippen LogP contribution in [0.5, 0.6) is 0 Å². The van der Waals surface area contributed by atoms with Crippen molar-refractivity contribution in [3.05, 3.63) is 45.6 Å². The van der Waals surface area contributed by atoms with E-state index in [4.69, 9.17) is 11.6 Å². The molecule has 4 nitrogen and oxygen atoms in total. The Bertz CT molecular complexity index is 831. The molecule has 0 bridgehead atoms. The number of aryl methyl sites for hydroxylation is 3. The van der Waals surface area contributed by atoms with Crippen LogP contribution in [0.25, 0.3) is 10.9 Å². The Morgan fingerprint density at radius 1 is 1.38 bits per heavy atom. The lowest BCUT2D eigenvalue weighted by atomic mass is 10.2. The van der Waals surface area contributed by atoms with E-state index in [9.17, 15) is 4.79 Å². The number of amides is 1. The summed E-state index contributed by atoms with van der Waals surface area (Å²) in [5.74, 6) is -0.156. The fourth-order valence-corrected chi connectivity index (χ4v) is 3.26. The fourth-order valence-electron chi connectivity index (χ4n) is 2.38. The van der Waals surface area contributed by atoms with E-state index in [1.807, 2.05) is 49.7 Å². The predicted molar refractivity (Wildman–Crippen MR) is 87.5 cm³/mol. The van der Waals surface area contributed by atoms with E-state index >= 15 is 0 Å². The molecule has 3 aromatic rings. The van der Waals surface area contributed by atoms with Crippen molar-refractivity contribution < 1.29 is 4.79 Å². The van der Waals surface area contributed by atoms with Crippen LogP contribution in [0.2, 0.25) is 5.02 Å². The van der Waals surface area contributed by atoms with E-state index in [-0.39, 0.29) is 5.91 Å². The summed E-state index contributed by atoms with van der Waals surface area (Å²) >= 11 is 7.57. The molecule has 0 aliphatic heterocycles. The van der Waals surface area contributed by atoms with Crippen LogP contribution in [-0.2, 0) is 7.05 Å². The number of hydrogen-bond acceptors (Lipinski definition) is 3. The number of anilines is 1. The number of aromatic nitrogens is 2. The molecule has 0 saturated carbocycles. The maximum atomic E-state index is 12.5. The van der Waals surface area contributed by atoms with Crippen LogP contribution in [0, 0.1) is 13.8 Å². The van der Waals surface area contributed by atoms with Crippen molar-refractivity contribution in [1.82, 2.24) is 8.94 Å². The van der Waals surface area contributed by atoms with Crippen molar-refractivity contribution in [2.45, 2.75) is 13.8 Å². The maximum absolute atomic E-state index is 12.5. The Hall–Kier alpha value is -1.85. The molecule has 1 N–H and O–H groups in total. The maximum Gasteiger partial charge on any atom is 0.272 e. The van der Waals surface area contributed by atoms with Crippen LogP contribution in [0.15, 0.2) is 24.3 Å². The topological polar surface area (TPSA) is 46.9 Å². The van der Waals surface area contributed by atoms with Gasteiger partial charge in [0.1, 0.15) is 5.69 Å². The highest BCUT2D eigenvalue weighted by atomic mass is 35.5. The monoisotopic (exact) mass is 319 g/mol. The minimum absolute atomic E-state index is 0.156. The number of nitrogens with one attached hydrogen (secondary N) is 1. The van der Waals surface area contributed by atoms with Crippen LogP contribution in [-0.4, -0.2) is 14.8 Å². The molecular weight excluding hydrogens is 306 g/mol. The fraction of sp³-hybridized carbons (Fsp3) is 0.200. The third-order valence-corrected chi connectivity index (χ3v) is 4.71. The van der Waals surface area contributed by atoms with Gasteiger partial charge in [-0.2, -0.15) is 4.37 Å². The molecule has 0 aliphatic carbocycles. The molecule has 0 spiro atoms. The summed E-state index contributed by atoms with van der Waals surface area (Å²) in [5, 5.41) is 4.46. The van der Waals surface area contributed by atoms with Crippen LogP contribution >= 0.6 is 23.1 Å². The lowest BCUT2D eigenvalue weighted by molar-refractivity contribution is 0.101. The van der Waals surface area contributed by atoms with Gasteiger partial charge in [0.25, 0.3) is 5.91 Å². The van der Waals surface area contributed by atoms with E-state index in [0.717, 1.165) is 27.2 Å². The van der Waals surface area contributed by atoms with Crippen molar-refractivity contribution >= 4 is 45.6 Å². The minimum Gasteiger partial charge on any atom is -0.340 e. The lowest BCUT2D eigenvalue weighted by Gasteiger charge is -2.06. The second-order valence-corrected chi connectivity index (χ2v) is 6.30. The predicted octanol–water partition coefficient (Wildman–Crippen LogP) is 4.16. The molecule has 1 aromatic carbocycles. The summed E-state index contributed by atoms with van der Waals surface area (Å²) in [6.45, 7) is 3.83. The number of benzene rings is 1. The van der Waals surface area contributed by atoms with Crippen LogP contribution in [0.1, 0.15) is 21.1 Å². The van der Waals surface area contributed by atoms with E-state index in [2.05, 4.69) is 9.69 Å². The molecule has 0 atom stereocenters. The van der Waals surface area contributed by atoms with E-state index < -0.39 is 0 Å². The molecule has 108 valence electrons. The van der Waals surface area contributed by atoms with E-state index in [1.165, 1.54) is 11.5 Å². The summed E-state index contributed by atoms with van der Waals surface area (Å²) in [4.78, 5) is 13.5. The Labute approximate surface area is 131 Å². The van der Waals surface area contributed by atoms with Crippen molar-refractivity contribution in [3.8, 4) is 0 Å².